The molecule has 1 aliphatic heterocycles. The first-order valence-electron chi connectivity index (χ1n) is 11.1. The number of benzene rings is 2. The summed E-state index contributed by atoms with van der Waals surface area (Å²) in [7, 11) is 5.93. The van der Waals surface area contributed by atoms with Crippen LogP contribution in [0.25, 0.3) is 5.57 Å². The van der Waals surface area contributed by atoms with E-state index in [0.717, 1.165) is 0 Å². The zero-order valence-electron chi connectivity index (χ0n) is 20.8. The van der Waals surface area contributed by atoms with Gasteiger partial charge in [-0.25, -0.2) is 4.79 Å². The minimum absolute atomic E-state index is 0.182. The Kier molecular flexibility index (Phi) is 8.24. The molecule has 9 heteroatoms. The average molecular weight is 486 g/mol. The molecule has 0 saturated heterocycles. The predicted molar refractivity (Wildman–Crippen MR) is 130 cm³/mol. The van der Waals surface area contributed by atoms with Crippen molar-refractivity contribution in [1.29, 1.82) is 0 Å². The highest BCUT2D eigenvalue weighted by Crippen LogP contribution is 2.50. The Labute approximate surface area is 204 Å². The molecule has 0 aliphatic carbocycles. The van der Waals surface area contributed by atoms with Crippen molar-refractivity contribution in [3.05, 3.63) is 41.5 Å². The molecular weight excluding hydrogens is 454 g/mol. The lowest BCUT2D eigenvalue weighted by Gasteiger charge is -2.20. The van der Waals surface area contributed by atoms with Crippen molar-refractivity contribution in [2.75, 3.05) is 35.0 Å². The van der Waals surface area contributed by atoms with Crippen molar-refractivity contribution in [3.8, 4) is 34.5 Å². The number of esters is 1. The zero-order chi connectivity index (χ0) is 25.7. The monoisotopic (exact) mass is 485 g/mol. The van der Waals surface area contributed by atoms with Crippen LogP contribution in [0.3, 0.4) is 0 Å². The van der Waals surface area contributed by atoms with Crippen LogP contribution in [0.2, 0.25) is 0 Å². The fourth-order valence-electron chi connectivity index (χ4n) is 3.85. The lowest BCUT2D eigenvalue weighted by molar-refractivity contribution is -0.136. The molecule has 0 aromatic heterocycles. The van der Waals surface area contributed by atoms with E-state index in [-0.39, 0.29) is 24.1 Å². The van der Waals surface area contributed by atoms with E-state index >= 15 is 0 Å². The van der Waals surface area contributed by atoms with E-state index in [9.17, 15) is 9.59 Å². The summed E-state index contributed by atoms with van der Waals surface area (Å²) in [5, 5.41) is 0. The van der Waals surface area contributed by atoms with Crippen molar-refractivity contribution in [2.24, 2.45) is 11.7 Å². The molecule has 0 bridgehead atoms. The van der Waals surface area contributed by atoms with Crippen molar-refractivity contribution in [1.82, 2.24) is 0 Å². The normalized spacial score (nSPS) is 13.7. The lowest BCUT2D eigenvalue weighted by atomic mass is 9.95. The number of fused-ring (bicyclic) bond motifs is 1. The Hall–Kier alpha value is -3.72. The van der Waals surface area contributed by atoms with Gasteiger partial charge in [0.1, 0.15) is 6.04 Å². The number of nitrogens with two attached hydrogens (primary N) is 1. The number of ether oxygens (including phenoxy) is 6. The summed E-state index contributed by atoms with van der Waals surface area (Å²) in [6, 6.07) is 5.95. The molecule has 1 atom stereocenters. The first-order valence-corrected chi connectivity index (χ1v) is 11.1. The van der Waals surface area contributed by atoms with Crippen LogP contribution < -0.4 is 34.2 Å². The van der Waals surface area contributed by atoms with Crippen LogP contribution in [0.1, 0.15) is 31.4 Å². The van der Waals surface area contributed by atoms with Gasteiger partial charge in [0, 0.05) is 5.56 Å². The third-order valence-corrected chi connectivity index (χ3v) is 5.45. The number of hydrogen-bond acceptors (Lipinski definition) is 9. The Morgan fingerprint density at radius 3 is 2.26 bits per heavy atom. The number of hydrogen-bond donors (Lipinski definition) is 1. The van der Waals surface area contributed by atoms with Crippen LogP contribution in [-0.4, -0.2) is 52.8 Å². The number of methoxy groups -OCH3 is 4. The average Bonchev–Trinajstić information content (AvgIpc) is 3.00. The van der Waals surface area contributed by atoms with Crippen molar-refractivity contribution >= 4 is 17.3 Å². The highest BCUT2D eigenvalue weighted by molar-refractivity contribution is 6.04. The number of rotatable bonds is 9. The molecular formula is C26H31NO8. The van der Waals surface area contributed by atoms with Crippen molar-refractivity contribution in [2.45, 2.75) is 26.3 Å². The van der Waals surface area contributed by atoms with Crippen LogP contribution in [0.5, 0.6) is 34.5 Å². The van der Waals surface area contributed by atoms with Gasteiger partial charge in [0.15, 0.2) is 35.4 Å². The van der Waals surface area contributed by atoms with Crippen molar-refractivity contribution in [3.63, 3.8) is 0 Å². The van der Waals surface area contributed by atoms with Gasteiger partial charge in [-0.05, 0) is 47.8 Å². The third-order valence-electron chi connectivity index (χ3n) is 5.45. The summed E-state index contributed by atoms with van der Waals surface area (Å²) < 4.78 is 33.3. The van der Waals surface area contributed by atoms with E-state index in [4.69, 9.17) is 34.2 Å². The molecule has 1 unspecified atom stereocenters. The number of carbonyl (C=O) groups is 2. The molecule has 1 heterocycles. The van der Waals surface area contributed by atoms with Gasteiger partial charge in [0.05, 0.1) is 28.4 Å². The Balaban J connectivity index is 2.14. The Bertz CT molecular complexity index is 1140. The molecule has 3 rings (SSSR count). The largest absolute Gasteiger partial charge is 0.493 e. The van der Waals surface area contributed by atoms with E-state index in [0.29, 0.717) is 51.9 Å². The third kappa shape index (κ3) is 5.51. The molecule has 0 spiro atoms. The van der Waals surface area contributed by atoms with E-state index in [1.807, 2.05) is 13.8 Å². The highest BCUT2D eigenvalue weighted by atomic mass is 16.6. The van der Waals surface area contributed by atoms with Crippen LogP contribution in [-0.2, 0) is 9.59 Å². The van der Waals surface area contributed by atoms with Gasteiger partial charge in [0.25, 0.3) is 0 Å². The molecule has 9 nitrogen and oxygen atoms in total. The molecule has 35 heavy (non-hydrogen) atoms. The maximum Gasteiger partial charge on any atom is 0.328 e. The SMILES string of the molecule is COc1ccc(C2=CC(=O)COc3c2cc(OC)c(OC)c3OC)cc1OC(=O)C(N)CC(C)C. The zero-order valence-corrected chi connectivity index (χ0v) is 20.8. The summed E-state index contributed by atoms with van der Waals surface area (Å²) in [6.45, 7) is 3.76. The summed E-state index contributed by atoms with van der Waals surface area (Å²) in [5.41, 5.74) is 7.65. The fraction of sp³-hybridized carbons (Fsp3) is 0.385. The van der Waals surface area contributed by atoms with Crippen LogP contribution in [0, 0.1) is 5.92 Å². The highest BCUT2D eigenvalue weighted by Gasteiger charge is 2.28. The summed E-state index contributed by atoms with van der Waals surface area (Å²) >= 11 is 0. The molecule has 1 aliphatic rings. The van der Waals surface area contributed by atoms with Crippen LogP contribution in [0.15, 0.2) is 30.3 Å². The smallest absolute Gasteiger partial charge is 0.328 e. The summed E-state index contributed by atoms with van der Waals surface area (Å²) in [5.74, 6) is 1.28. The first kappa shape index (κ1) is 25.9. The second-order valence-corrected chi connectivity index (χ2v) is 8.36. The second kappa shape index (κ2) is 11.1. The molecule has 188 valence electrons. The molecule has 0 fully saturated rings. The van der Waals surface area contributed by atoms with E-state index < -0.39 is 12.0 Å². The Morgan fingerprint density at radius 1 is 0.971 bits per heavy atom. The van der Waals surface area contributed by atoms with E-state index in [1.165, 1.54) is 34.5 Å². The quantitative estimate of drug-likeness (QED) is 0.421. The minimum atomic E-state index is -0.780. The summed E-state index contributed by atoms with van der Waals surface area (Å²) in [6.07, 6.45) is 1.95. The van der Waals surface area contributed by atoms with E-state index in [2.05, 4.69) is 0 Å². The van der Waals surface area contributed by atoms with Crippen LogP contribution >= 0.6 is 0 Å². The number of ketones is 1. The molecule has 0 saturated carbocycles. The maximum atomic E-state index is 12.6. The molecule has 2 aromatic rings. The fourth-order valence-corrected chi connectivity index (χ4v) is 3.85. The predicted octanol–water partition coefficient (Wildman–Crippen LogP) is 3.39. The van der Waals surface area contributed by atoms with Gasteiger partial charge < -0.3 is 34.2 Å². The van der Waals surface area contributed by atoms with Gasteiger partial charge in [-0.1, -0.05) is 19.9 Å². The van der Waals surface area contributed by atoms with Gasteiger partial charge in [-0.15, -0.1) is 0 Å². The van der Waals surface area contributed by atoms with Crippen LogP contribution in [0.4, 0.5) is 0 Å². The molecule has 2 aromatic carbocycles. The molecule has 0 amide bonds. The Morgan fingerprint density at radius 2 is 1.66 bits per heavy atom. The molecule has 2 N–H and O–H groups in total. The van der Waals surface area contributed by atoms with Crippen molar-refractivity contribution < 1.29 is 38.0 Å². The standard InChI is InChI=1S/C26H31NO8/c1-14(2)9-19(27)26(29)35-21-10-15(7-8-20(21)30-3)17-11-16(28)13-34-23-18(17)12-22(31-4)24(32-5)25(23)33-6/h7-8,10-12,14,19H,9,13,27H2,1-6H3. The topological polar surface area (TPSA) is 116 Å². The maximum absolute atomic E-state index is 12.6. The van der Waals surface area contributed by atoms with Gasteiger partial charge >= 0.3 is 5.97 Å². The first-order chi connectivity index (χ1) is 16.7. The second-order valence-electron chi connectivity index (χ2n) is 8.36. The van der Waals surface area contributed by atoms with Gasteiger partial charge in [-0.2, -0.15) is 0 Å². The number of carbonyl (C=O) groups excluding carboxylic acids is 2. The van der Waals surface area contributed by atoms with Gasteiger partial charge in [0.2, 0.25) is 11.5 Å². The summed E-state index contributed by atoms with van der Waals surface area (Å²) in [4.78, 5) is 25.2. The minimum Gasteiger partial charge on any atom is -0.493 e. The lowest BCUT2D eigenvalue weighted by Crippen LogP contribution is -2.35. The van der Waals surface area contributed by atoms with E-state index in [1.54, 1.807) is 24.3 Å². The molecule has 0 radical (unpaired) electrons. The van der Waals surface area contributed by atoms with Gasteiger partial charge in [-0.3, -0.25) is 4.79 Å².